The minimum atomic E-state index is -4.76. The molecule has 1 amide bonds. The van der Waals surface area contributed by atoms with Gasteiger partial charge in [-0.25, -0.2) is 9.59 Å². The lowest BCUT2D eigenvalue weighted by molar-refractivity contribution is -0.225. The first-order valence-electron chi connectivity index (χ1n) is 8.47. The number of carbonyl (C=O) groups is 2. The van der Waals surface area contributed by atoms with Crippen LogP contribution in [-0.2, 0) is 14.3 Å². The fourth-order valence-electron chi connectivity index (χ4n) is 2.16. The Hall–Kier alpha value is -2.25. The molecule has 0 saturated heterocycles. The minimum absolute atomic E-state index is 0.617. The molecule has 5 nitrogen and oxygen atoms in total. The smallest absolute Gasteiger partial charge is 0.408 e. The number of alkyl carbamates (subject to hydrolysis) is 1. The maximum absolute atomic E-state index is 13.5. The first-order valence-corrected chi connectivity index (χ1v) is 8.47. The fraction of sp³-hybridized carbons (Fsp3) is 0.579. The Kier molecular flexibility index (Phi) is 6.91. The highest BCUT2D eigenvalue weighted by Gasteiger charge is 2.56. The average molecular weight is 389 g/mol. The second-order valence-corrected chi connectivity index (χ2v) is 7.79. The second kappa shape index (κ2) is 8.19. The number of carbonyl (C=O) groups excluding carboxylic acids is 2. The molecule has 0 saturated carbocycles. The van der Waals surface area contributed by atoms with Gasteiger partial charge in [-0.2, -0.15) is 13.2 Å². The lowest BCUT2D eigenvalue weighted by atomic mass is 9.83. The van der Waals surface area contributed by atoms with Crippen molar-refractivity contribution in [3.63, 3.8) is 0 Å². The van der Waals surface area contributed by atoms with E-state index < -0.39 is 41.4 Å². The van der Waals surface area contributed by atoms with E-state index in [1.807, 2.05) is 5.32 Å². The monoisotopic (exact) mass is 389 g/mol. The molecule has 1 aromatic carbocycles. The van der Waals surface area contributed by atoms with Crippen molar-refractivity contribution in [3.05, 3.63) is 35.9 Å². The summed E-state index contributed by atoms with van der Waals surface area (Å²) in [5, 5.41) is 2.02. The zero-order valence-corrected chi connectivity index (χ0v) is 16.3. The maximum atomic E-state index is 13.5. The molecule has 0 bridgehead atoms. The van der Waals surface area contributed by atoms with E-state index in [1.54, 1.807) is 58.0 Å². The van der Waals surface area contributed by atoms with Gasteiger partial charge in [0.2, 0.25) is 0 Å². The van der Waals surface area contributed by atoms with Gasteiger partial charge in [-0.3, -0.25) is 0 Å². The molecule has 0 spiro atoms. The molecule has 1 aromatic rings. The van der Waals surface area contributed by atoms with Gasteiger partial charge in [0, 0.05) is 0 Å². The van der Waals surface area contributed by atoms with Crippen molar-refractivity contribution in [2.75, 3.05) is 0 Å². The molecule has 0 aliphatic rings. The van der Waals surface area contributed by atoms with E-state index in [-0.39, 0.29) is 0 Å². The van der Waals surface area contributed by atoms with Gasteiger partial charge >= 0.3 is 18.2 Å². The van der Waals surface area contributed by atoms with Crippen LogP contribution >= 0.6 is 0 Å². The summed E-state index contributed by atoms with van der Waals surface area (Å²) >= 11 is 0. The van der Waals surface area contributed by atoms with E-state index in [1.165, 1.54) is 0 Å². The summed E-state index contributed by atoms with van der Waals surface area (Å²) in [6.45, 7) is 7.87. The third-order valence-electron chi connectivity index (χ3n) is 3.91. The Balaban J connectivity index is 3.06. The van der Waals surface area contributed by atoms with E-state index in [4.69, 9.17) is 9.47 Å². The number of nitrogens with one attached hydrogen (secondary N) is 1. The van der Waals surface area contributed by atoms with Crippen molar-refractivity contribution in [1.29, 1.82) is 0 Å². The van der Waals surface area contributed by atoms with Crippen LogP contribution in [0, 0.1) is 5.41 Å². The largest absolute Gasteiger partial charge is 0.456 e. The van der Waals surface area contributed by atoms with Crippen molar-refractivity contribution in [1.82, 2.24) is 5.32 Å². The van der Waals surface area contributed by atoms with Crippen molar-refractivity contribution in [3.8, 4) is 0 Å². The first-order chi connectivity index (χ1) is 12.1. The van der Waals surface area contributed by atoms with Crippen LogP contribution in [0.15, 0.2) is 30.3 Å². The molecule has 0 radical (unpaired) electrons. The molecule has 0 heterocycles. The molecule has 1 N–H and O–H groups in total. The van der Waals surface area contributed by atoms with Gasteiger partial charge in [-0.1, -0.05) is 30.3 Å². The number of benzene rings is 1. The molecule has 1 rings (SSSR count). The molecule has 0 aliphatic heterocycles. The third kappa shape index (κ3) is 6.45. The van der Waals surface area contributed by atoms with Crippen molar-refractivity contribution >= 4 is 12.1 Å². The molecular weight excluding hydrogens is 363 g/mol. The van der Waals surface area contributed by atoms with E-state index in [9.17, 15) is 22.8 Å². The van der Waals surface area contributed by atoms with Crippen LogP contribution in [0.5, 0.6) is 0 Å². The Labute approximate surface area is 157 Å². The number of ether oxygens (including phenoxy) is 2. The average Bonchev–Trinajstić information content (AvgIpc) is 2.50. The lowest BCUT2D eigenvalue weighted by Gasteiger charge is -2.35. The number of esters is 1. The number of hydrogen-bond donors (Lipinski definition) is 1. The molecule has 8 heteroatoms. The van der Waals surface area contributed by atoms with Crippen LogP contribution in [0.25, 0.3) is 0 Å². The summed E-state index contributed by atoms with van der Waals surface area (Å²) in [7, 11) is 0. The van der Waals surface area contributed by atoms with Gasteiger partial charge in [-0.05, 0) is 47.1 Å². The van der Waals surface area contributed by atoms with E-state index >= 15 is 0 Å². The highest BCUT2D eigenvalue weighted by molar-refractivity contribution is 5.82. The molecule has 0 fully saturated rings. The summed E-state index contributed by atoms with van der Waals surface area (Å²) in [6, 6.07) is 6.59. The van der Waals surface area contributed by atoms with Gasteiger partial charge in [0.05, 0.1) is 5.41 Å². The quantitative estimate of drug-likeness (QED) is 0.737. The molecular formula is C19H26F3NO4. The molecule has 27 heavy (non-hydrogen) atoms. The van der Waals surface area contributed by atoms with Gasteiger partial charge in [0.15, 0.2) is 0 Å². The van der Waals surface area contributed by atoms with Crippen molar-refractivity contribution in [2.24, 2.45) is 5.41 Å². The molecule has 2 atom stereocenters. The zero-order valence-electron chi connectivity index (χ0n) is 16.3. The summed E-state index contributed by atoms with van der Waals surface area (Å²) in [4.78, 5) is 24.5. The Morgan fingerprint density at radius 2 is 1.52 bits per heavy atom. The standard InChI is InChI=1S/C19H26F3NO4/c1-12(13-10-8-7-9-11-13)26-15(24)14(18(5,6)19(20,21)22)23-16(25)27-17(2,3)4/h7-12,14H,1-6H3,(H,23,25)/t12-,14-/m0/s1. The normalized spacial score (nSPS) is 14.9. The van der Waals surface area contributed by atoms with Gasteiger partial charge in [0.1, 0.15) is 17.7 Å². The third-order valence-corrected chi connectivity index (χ3v) is 3.91. The zero-order chi connectivity index (χ0) is 21.0. The van der Waals surface area contributed by atoms with Crippen LogP contribution in [0.4, 0.5) is 18.0 Å². The van der Waals surface area contributed by atoms with Crippen LogP contribution in [0.2, 0.25) is 0 Å². The van der Waals surface area contributed by atoms with Gasteiger partial charge in [0.25, 0.3) is 0 Å². The summed E-state index contributed by atoms with van der Waals surface area (Å²) in [5.74, 6) is -1.19. The number of alkyl halides is 3. The van der Waals surface area contributed by atoms with E-state index in [2.05, 4.69) is 0 Å². The topological polar surface area (TPSA) is 64.6 Å². The maximum Gasteiger partial charge on any atom is 0.408 e. The van der Waals surface area contributed by atoms with Crippen molar-refractivity contribution < 1.29 is 32.2 Å². The highest BCUT2D eigenvalue weighted by Crippen LogP contribution is 2.41. The van der Waals surface area contributed by atoms with Crippen LogP contribution in [0.3, 0.4) is 0 Å². The molecule has 0 aliphatic carbocycles. The van der Waals surface area contributed by atoms with Crippen LogP contribution in [-0.4, -0.2) is 29.9 Å². The minimum Gasteiger partial charge on any atom is -0.456 e. The number of hydrogen-bond acceptors (Lipinski definition) is 4. The predicted octanol–water partition coefficient (Wildman–Crippen LogP) is 4.77. The number of halogens is 3. The lowest BCUT2D eigenvalue weighted by Crippen LogP contribution is -2.57. The van der Waals surface area contributed by atoms with Crippen LogP contribution in [0.1, 0.15) is 53.2 Å². The van der Waals surface area contributed by atoms with Crippen molar-refractivity contribution in [2.45, 2.75) is 65.5 Å². The number of rotatable bonds is 5. The number of amides is 1. The summed E-state index contributed by atoms with van der Waals surface area (Å²) < 4.78 is 50.7. The Bertz CT molecular complexity index is 651. The Morgan fingerprint density at radius 1 is 1.00 bits per heavy atom. The molecule has 0 unspecified atom stereocenters. The summed E-state index contributed by atoms with van der Waals surface area (Å²) in [6.07, 6.45) is -6.68. The first kappa shape index (κ1) is 22.8. The van der Waals surface area contributed by atoms with Gasteiger partial charge in [-0.15, -0.1) is 0 Å². The Morgan fingerprint density at radius 3 is 1.96 bits per heavy atom. The van der Waals surface area contributed by atoms with E-state index in [0.717, 1.165) is 13.8 Å². The predicted molar refractivity (Wildman–Crippen MR) is 93.9 cm³/mol. The summed E-state index contributed by atoms with van der Waals surface area (Å²) in [5.41, 5.74) is -2.89. The van der Waals surface area contributed by atoms with Gasteiger partial charge < -0.3 is 14.8 Å². The molecule has 152 valence electrons. The molecule has 0 aromatic heterocycles. The van der Waals surface area contributed by atoms with E-state index in [0.29, 0.717) is 5.56 Å². The second-order valence-electron chi connectivity index (χ2n) is 7.79. The fourth-order valence-corrected chi connectivity index (χ4v) is 2.16. The highest BCUT2D eigenvalue weighted by atomic mass is 19.4. The SMILES string of the molecule is C[C@H](OC(=O)[C@H](NC(=O)OC(C)(C)C)C(C)(C)C(F)(F)F)c1ccccc1. The van der Waals surface area contributed by atoms with Crippen LogP contribution < -0.4 is 5.32 Å².